The van der Waals surface area contributed by atoms with Crippen molar-refractivity contribution in [1.82, 2.24) is 4.90 Å². The van der Waals surface area contributed by atoms with E-state index in [4.69, 9.17) is 4.74 Å². The summed E-state index contributed by atoms with van der Waals surface area (Å²) in [5, 5.41) is 22.8. The van der Waals surface area contributed by atoms with Gasteiger partial charge in [0.2, 0.25) is 0 Å². The quantitative estimate of drug-likeness (QED) is 0.180. The third-order valence-electron chi connectivity index (χ3n) is 6.59. The molecule has 3 aromatic carbocycles. The number of likely N-dealkylation sites (tertiary alicyclic amines) is 1. The van der Waals surface area contributed by atoms with Crippen LogP contribution in [-0.2, 0) is 22.4 Å². The van der Waals surface area contributed by atoms with Crippen molar-refractivity contribution < 1.29 is 24.4 Å². The highest BCUT2D eigenvalue weighted by Gasteiger charge is 2.46. The van der Waals surface area contributed by atoms with Crippen molar-refractivity contribution in [2.75, 3.05) is 6.54 Å². The van der Waals surface area contributed by atoms with Crippen LogP contribution in [0.15, 0.2) is 78.4 Å². The number of rotatable bonds is 6. The molecule has 2 aliphatic heterocycles. The Kier molecular flexibility index (Phi) is 6.01. The lowest BCUT2D eigenvalue weighted by atomic mass is 9.94. The number of fused-ring (bicyclic) bond motifs is 1. The summed E-state index contributed by atoms with van der Waals surface area (Å²) in [6.45, 7) is 2.15. The summed E-state index contributed by atoms with van der Waals surface area (Å²) in [7, 11) is 0. The molecule has 1 saturated heterocycles. The summed E-state index contributed by atoms with van der Waals surface area (Å²) in [6, 6.07) is 19.5. The normalized spacial score (nSPS) is 20.3. The van der Waals surface area contributed by atoms with Crippen molar-refractivity contribution in [3.8, 4) is 5.75 Å². The number of aliphatic hydroxyl groups is 1. The number of carbonyl (C=O) groups is 2. The van der Waals surface area contributed by atoms with Gasteiger partial charge in [0, 0.05) is 30.7 Å². The first kappa shape index (κ1) is 23.3. The van der Waals surface area contributed by atoms with Crippen LogP contribution in [0.4, 0.5) is 5.69 Å². The lowest BCUT2D eigenvalue weighted by Gasteiger charge is -2.25. The summed E-state index contributed by atoms with van der Waals surface area (Å²) < 4.78 is 5.73. The summed E-state index contributed by atoms with van der Waals surface area (Å²) >= 11 is 0. The second kappa shape index (κ2) is 9.30. The number of nitro groups is 1. The van der Waals surface area contributed by atoms with Crippen LogP contribution in [0.1, 0.15) is 35.2 Å². The summed E-state index contributed by atoms with van der Waals surface area (Å²) in [5.41, 5.74) is 2.41. The molecule has 2 heterocycles. The van der Waals surface area contributed by atoms with Gasteiger partial charge in [-0.3, -0.25) is 19.7 Å². The Balaban J connectivity index is 1.60. The SMILES string of the molecule is C[C@@H]1Cc2cc(/C(O)=C3\C(=O)C(=O)N(CCc4ccccc4)[C@H]3c3cccc([N+](=O)[O-])c3)ccc2O1. The Morgan fingerprint density at radius 2 is 1.86 bits per heavy atom. The van der Waals surface area contributed by atoms with Crippen LogP contribution >= 0.6 is 0 Å². The van der Waals surface area contributed by atoms with E-state index in [-0.39, 0.29) is 29.7 Å². The first-order valence-corrected chi connectivity index (χ1v) is 11.7. The topological polar surface area (TPSA) is 110 Å². The van der Waals surface area contributed by atoms with Crippen LogP contribution in [0.3, 0.4) is 0 Å². The number of nitrogens with zero attached hydrogens (tertiary/aromatic N) is 2. The van der Waals surface area contributed by atoms with Crippen LogP contribution in [0, 0.1) is 10.1 Å². The zero-order valence-corrected chi connectivity index (χ0v) is 19.6. The molecule has 2 atom stereocenters. The van der Waals surface area contributed by atoms with Gasteiger partial charge in [-0.25, -0.2) is 0 Å². The number of ketones is 1. The van der Waals surface area contributed by atoms with Gasteiger partial charge in [0.25, 0.3) is 17.4 Å². The van der Waals surface area contributed by atoms with Crippen molar-refractivity contribution in [2.24, 2.45) is 0 Å². The van der Waals surface area contributed by atoms with E-state index in [0.29, 0.717) is 24.0 Å². The monoisotopic (exact) mass is 484 g/mol. The van der Waals surface area contributed by atoms with Gasteiger partial charge < -0.3 is 14.7 Å². The number of hydrogen-bond acceptors (Lipinski definition) is 6. The molecule has 0 aromatic heterocycles. The van der Waals surface area contributed by atoms with Crippen LogP contribution in [-0.4, -0.2) is 39.3 Å². The average Bonchev–Trinajstić information content (AvgIpc) is 3.38. The summed E-state index contributed by atoms with van der Waals surface area (Å²) in [5.74, 6) is -1.16. The molecule has 1 fully saturated rings. The molecule has 1 N–H and O–H groups in total. The Hall–Kier alpha value is -4.46. The molecular formula is C28H24N2O6. The fourth-order valence-corrected chi connectivity index (χ4v) is 4.88. The minimum atomic E-state index is -0.961. The number of benzene rings is 3. The number of nitro benzene ring substituents is 1. The summed E-state index contributed by atoms with van der Waals surface area (Å²) in [4.78, 5) is 38.8. The zero-order valence-electron chi connectivity index (χ0n) is 19.6. The van der Waals surface area contributed by atoms with E-state index in [1.54, 1.807) is 24.3 Å². The van der Waals surface area contributed by atoms with Gasteiger partial charge in [-0.15, -0.1) is 0 Å². The number of carbonyl (C=O) groups excluding carboxylic acids is 2. The Labute approximate surface area is 207 Å². The molecule has 0 bridgehead atoms. The van der Waals surface area contributed by atoms with Crippen LogP contribution in [0.2, 0.25) is 0 Å². The van der Waals surface area contributed by atoms with E-state index in [2.05, 4.69) is 0 Å². The van der Waals surface area contributed by atoms with Crippen molar-refractivity contribution in [1.29, 1.82) is 0 Å². The number of ether oxygens (including phenoxy) is 1. The molecular weight excluding hydrogens is 460 g/mol. The molecule has 0 spiro atoms. The molecule has 8 nitrogen and oxygen atoms in total. The smallest absolute Gasteiger partial charge is 0.295 e. The Morgan fingerprint density at radius 3 is 2.61 bits per heavy atom. The number of hydrogen-bond donors (Lipinski definition) is 1. The van der Waals surface area contributed by atoms with Gasteiger partial charge in [0.15, 0.2) is 0 Å². The Morgan fingerprint density at radius 1 is 1.08 bits per heavy atom. The highest BCUT2D eigenvalue weighted by atomic mass is 16.6. The molecule has 0 saturated carbocycles. The fraction of sp³-hybridized carbons (Fsp3) is 0.214. The van der Waals surface area contributed by atoms with E-state index < -0.39 is 22.7 Å². The van der Waals surface area contributed by atoms with Crippen LogP contribution < -0.4 is 4.74 Å². The first-order chi connectivity index (χ1) is 17.3. The molecule has 1 amide bonds. The minimum absolute atomic E-state index is 0.00540. The molecule has 0 aliphatic carbocycles. The van der Waals surface area contributed by atoms with Crippen LogP contribution in [0.5, 0.6) is 5.75 Å². The van der Waals surface area contributed by atoms with E-state index in [9.17, 15) is 24.8 Å². The van der Waals surface area contributed by atoms with E-state index in [1.165, 1.54) is 23.1 Å². The van der Waals surface area contributed by atoms with Crippen molar-refractivity contribution >= 4 is 23.1 Å². The lowest BCUT2D eigenvalue weighted by molar-refractivity contribution is -0.384. The van der Waals surface area contributed by atoms with E-state index in [1.807, 2.05) is 37.3 Å². The van der Waals surface area contributed by atoms with Gasteiger partial charge in [0.1, 0.15) is 17.6 Å². The molecule has 2 aliphatic rings. The van der Waals surface area contributed by atoms with E-state index in [0.717, 1.165) is 16.9 Å². The maximum Gasteiger partial charge on any atom is 0.295 e. The highest BCUT2D eigenvalue weighted by Crippen LogP contribution is 2.41. The lowest BCUT2D eigenvalue weighted by Crippen LogP contribution is -2.31. The van der Waals surface area contributed by atoms with Crippen molar-refractivity contribution in [3.05, 3.63) is 111 Å². The number of non-ortho nitro benzene ring substituents is 1. The third-order valence-corrected chi connectivity index (χ3v) is 6.59. The average molecular weight is 485 g/mol. The maximum absolute atomic E-state index is 13.3. The van der Waals surface area contributed by atoms with Crippen LogP contribution in [0.25, 0.3) is 5.76 Å². The fourth-order valence-electron chi connectivity index (χ4n) is 4.88. The molecule has 0 unspecified atom stereocenters. The van der Waals surface area contributed by atoms with E-state index >= 15 is 0 Å². The predicted molar refractivity (Wildman–Crippen MR) is 132 cm³/mol. The van der Waals surface area contributed by atoms with Gasteiger partial charge in [-0.1, -0.05) is 42.5 Å². The number of amides is 1. The number of Topliss-reactive ketones (excluding diaryl/α,β-unsaturated/α-hetero) is 1. The third kappa shape index (κ3) is 4.22. The molecule has 36 heavy (non-hydrogen) atoms. The molecule has 182 valence electrons. The Bertz CT molecular complexity index is 1400. The van der Waals surface area contributed by atoms with Gasteiger partial charge in [-0.2, -0.15) is 0 Å². The standard InChI is InChI=1S/C28H24N2O6/c1-17-14-21-15-20(10-11-23(21)36-17)26(31)24-25(19-8-5-9-22(16-19)30(34)35)29(28(33)27(24)32)13-12-18-6-3-2-4-7-18/h2-11,15-17,25,31H,12-14H2,1H3/b26-24+/t17-,25+/m1/s1. The largest absolute Gasteiger partial charge is 0.507 e. The zero-order chi connectivity index (χ0) is 25.4. The van der Waals surface area contributed by atoms with Gasteiger partial charge >= 0.3 is 0 Å². The van der Waals surface area contributed by atoms with Crippen molar-refractivity contribution in [3.63, 3.8) is 0 Å². The second-order valence-electron chi connectivity index (χ2n) is 9.04. The minimum Gasteiger partial charge on any atom is -0.507 e. The molecule has 0 radical (unpaired) electrons. The number of aliphatic hydroxyl groups excluding tert-OH is 1. The highest BCUT2D eigenvalue weighted by molar-refractivity contribution is 6.46. The molecule has 5 rings (SSSR count). The first-order valence-electron chi connectivity index (χ1n) is 11.7. The maximum atomic E-state index is 13.3. The second-order valence-corrected chi connectivity index (χ2v) is 9.04. The summed E-state index contributed by atoms with van der Waals surface area (Å²) in [6.07, 6.45) is 1.15. The predicted octanol–water partition coefficient (Wildman–Crippen LogP) is 4.58. The van der Waals surface area contributed by atoms with Gasteiger partial charge in [-0.05, 0) is 48.2 Å². The molecule has 8 heteroatoms. The molecule has 3 aromatic rings. The van der Waals surface area contributed by atoms with Gasteiger partial charge in [0.05, 0.1) is 16.5 Å². The van der Waals surface area contributed by atoms with Crippen molar-refractivity contribution in [2.45, 2.75) is 31.9 Å².